The van der Waals surface area contributed by atoms with Gasteiger partial charge in [0.15, 0.2) is 0 Å². The first-order chi connectivity index (χ1) is 16.1. The van der Waals surface area contributed by atoms with Gasteiger partial charge in [0.1, 0.15) is 12.4 Å². The van der Waals surface area contributed by atoms with Crippen LogP contribution in [0.1, 0.15) is 34.9 Å². The number of rotatable bonds is 7. The highest BCUT2D eigenvalue weighted by atomic mass is 19.4. The summed E-state index contributed by atoms with van der Waals surface area (Å²) in [6, 6.07) is 9.91. The Morgan fingerprint density at radius 2 is 1.79 bits per heavy atom. The minimum atomic E-state index is -4.50. The zero-order valence-electron chi connectivity index (χ0n) is 19.2. The minimum Gasteiger partial charge on any atom is -0.396 e. The van der Waals surface area contributed by atoms with Crippen LogP contribution in [0.4, 0.5) is 18.9 Å². The van der Waals surface area contributed by atoms with Crippen LogP contribution in [-0.2, 0) is 30.4 Å². The first-order valence-corrected chi connectivity index (χ1v) is 10.8. The fraction of sp³-hybridized carbons (Fsp3) is 0.320. The van der Waals surface area contributed by atoms with E-state index in [-0.39, 0.29) is 30.0 Å². The summed E-state index contributed by atoms with van der Waals surface area (Å²) in [7, 11) is 0. The van der Waals surface area contributed by atoms with Gasteiger partial charge in [-0.25, -0.2) is 4.98 Å². The van der Waals surface area contributed by atoms with E-state index in [1.54, 1.807) is 6.92 Å². The van der Waals surface area contributed by atoms with Crippen LogP contribution in [0.3, 0.4) is 0 Å². The number of carbonyl (C=O) groups is 1. The lowest BCUT2D eigenvalue weighted by molar-refractivity contribution is -0.137. The molecule has 0 aliphatic rings. The fourth-order valence-corrected chi connectivity index (χ4v) is 3.80. The second-order valence-corrected chi connectivity index (χ2v) is 7.95. The molecule has 0 fully saturated rings. The van der Waals surface area contributed by atoms with Gasteiger partial charge in [-0.2, -0.15) is 13.2 Å². The van der Waals surface area contributed by atoms with E-state index in [0.717, 1.165) is 27.8 Å². The molecule has 0 aliphatic heterocycles. The van der Waals surface area contributed by atoms with E-state index in [9.17, 15) is 27.9 Å². The van der Waals surface area contributed by atoms with E-state index in [4.69, 9.17) is 0 Å². The number of aromatic nitrogens is 2. The number of amides is 1. The highest BCUT2D eigenvalue weighted by Gasteiger charge is 2.30. The maximum Gasteiger partial charge on any atom is 0.416 e. The molecular weight excluding hydrogens is 447 g/mol. The minimum absolute atomic E-state index is 0.0460. The molecule has 1 heterocycles. The standard InChI is InChI=1S/C25H26F3N3O3/c1-4-17-7-5-6-15(2)22(17)30-21(33)14-31-23(29-16(3)20(12-13-32)24(31)34)18-8-10-19(11-9-18)25(26,27)28/h5-11,32H,4,12-14H2,1-3H3,(H,30,33). The number of aliphatic hydroxyl groups excluding tert-OH is 1. The summed E-state index contributed by atoms with van der Waals surface area (Å²) in [5, 5.41) is 12.2. The number of hydrogen-bond donors (Lipinski definition) is 2. The Bertz CT molecular complexity index is 1250. The van der Waals surface area contributed by atoms with Crippen molar-refractivity contribution < 1.29 is 23.1 Å². The highest BCUT2D eigenvalue weighted by Crippen LogP contribution is 2.30. The Balaban J connectivity index is 2.05. The topological polar surface area (TPSA) is 84.2 Å². The van der Waals surface area contributed by atoms with Gasteiger partial charge in [0, 0.05) is 35.5 Å². The quantitative estimate of drug-likeness (QED) is 0.537. The number of aliphatic hydroxyl groups is 1. The van der Waals surface area contributed by atoms with Crippen molar-refractivity contribution >= 4 is 11.6 Å². The summed E-state index contributed by atoms with van der Waals surface area (Å²) < 4.78 is 40.1. The van der Waals surface area contributed by atoms with E-state index in [0.29, 0.717) is 17.8 Å². The second kappa shape index (κ2) is 10.2. The van der Waals surface area contributed by atoms with Crippen LogP contribution in [0.15, 0.2) is 47.3 Å². The zero-order chi connectivity index (χ0) is 25.0. The van der Waals surface area contributed by atoms with E-state index >= 15 is 0 Å². The zero-order valence-corrected chi connectivity index (χ0v) is 19.2. The van der Waals surface area contributed by atoms with E-state index < -0.39 is 29.8 Å². The first-order valence-electron chi connectivity index (χ1n) is 10.8. The van der Waals surface area contributed by atoms with Crippen molar-refractivity contribution in [3.05, 3.63) is 80.8 Å². The number of nitrogens with one attached hydrogen (secondary N) is 1. The van der Waals surface area contributed by atoms with Crippen molar-refractivity contribution in [2.75, 3.05) is 11.9 Å². The monoisotopic (exact) mass is 473 g/mol. The van der Waals surface area contributed by atoms with Crippen molar-refractivity contribution in [2.45, 2.75) is 46.3 Å². The number of halogens is 3. The molecule has 2 N–H and O–H groups in total. The van der Waals surface area contributed by atoms with Gasteiger partial charge < -0.3 is 10.4 Å². The molecule has 1 amide bonds. The Labute approximate surface area is 195 Å². The molecule has 0 bridgehead atoms. The maximum absolute atomic E-state index is 13.2. The van der Waals surface area contributed by atoms with Crippen molar-refractivity contribution in [1.29, 1.82) is 0 Å². The Morgan fingerprint density at radius 3 is 2.38 bits per heavy atom. The number of aryl methyl sites for hydroxylation is 3. The molecule has 34 heavy (non-hydrogen) atoms. The molecular formula is C25H26F3N3O3. The third-order valence-corrected chi connectivity index (χ3v) is 5.61. The molecule has 6 nitrogen and oxygen atoms in total. The molecule has 2 aromatic carbocycles. The molecule has 0 atom stereocenters. The normalized spacial score (nSPS) is 11.5. The van der Waals surface area contributed by atoms with Crippen LogP contribution in [0.25, 0.3) is 11.4 Å². The average Bonchev–Trinajstić information content (AvgIpc) is 2.79. The smallest absolute Gasteiger partial charge is 0.396 e. The molecule has 0 unspecified atom stereocenters. The van der Waals surface area contributed by atoms with Crippen LogP contribution in [0.5, 0.6) is 0 Å². The van der Waals surface area contributed by atoms with Gasteiger partial charge in [0.2, 0.25) is 5.91 Å². The van der Waals surface area contributed by atoms with Crippen molar-refractivity contribution in [1.82, 2.24) is 9.55 Å². The van der Waals surface area contributed by atoms with Crippen LogP contribution < -0.4 is 10.9 Å². The Kier molecular flexibility index (Phi) is 7.56. The maximum atomic E-state index is 13.2. The lowest BCUT2D eigenvalue weighted by atomic mass is 10.1. The van der Waals surface area contributed by atoms with E-state index in [1.807, 2.05) is 32.0 Å². The van der Waals surface area contributed by atoms with Gasteiger partial charge in [-0.1, -0.05) is 37.3 Å². The van der Waals surface area contributed by atoms with E-state index in [2.05, 4.69) is 10.3 Å². The number of hydrogen-bond acceptors (Lipinski definition) is 4. The summed E-state index contributed by atoms with van der Waals surface area (Å²) in [5.74, 6) is -0.395. The van der Waals surface area contributed by atoms with Crippen molar-refractivity contribution in [2.24, 2.45) is 0 Å². The van der Waals surface area contributed by atoms with Crippen LogP contribution >= 0.6 is 0 Å². The van der Waals surface area contributed by atoms with E-state index in [1.165, 1.54) is 12.1 Å². The SMILES string of the molecule is CCc1cccc(C)c1NC(=O)Cn1c(-c2ccc(C(F)(F)F)cc2)nc(C)c(CCO)c1=O. The molecule has 0 spiro atoms. The summed E-state index contributed by atoms with van der Waals surface area (Å²) in [6.07, 6.45) is -3.76. The van der Waals surface area contributed by atoms with Crippen molar-refractivity contribution in [3.8, 4) is 11.4 Å². The molecule has 0 saturated carbocycles. The predicted molar refractivity (Wildman–Crippen MR) is 124 cm³/mol. The molecule has 3 aromatic rings. The molecule has 1 aromatic heterocycles. The second-order valence-electron chi connectivity index (χ2n) is 7.95. The molecule has 9 heteroatoms. The van der Waals surface area contributed by atoms with Crippen LogP contribution in [0.2, 0.25) is 0 Å². The predicted octanol–water partition coefficient (Wildman–Crippen LogP) is 4.28. The third-order valence-electron chi connectivity index (χ3n) is 5.61. The molecule has 3 rings (SSSR count). The van der Waals surface area contributed by atoms with Gasteiger partial charge in [-0.3, -0.25) is 14.2 Å². The molecule has 0 saturated heterocycles. The van der Waals surface area contributed by atoms with Crippen LogP contribution in [-0.4, -0.2) is 27.2 Å². The number of anilines is 1. The summed E-state index contributed by atoms with van der Waals surface area (Å²) in [6.45, 7) is 4.74. The lowest BCUT2D eigenvalue weighted by Gasteiger charge is -2.17. The number of carbonyl (C=O) groups excluding carboxylic acids is 1. The highest BCUT2D eigenvalue weighted by molar-refractivity contribution is 5.92. The number of benzene rings is 2. The third kappa shape index (κ3) is 5.36. The fourth-order valence-electron chi connectivity index (χ4n) is 3.80. The Hall–Kier alpha value is -3.46. The summed E-state index contributed by atoms with van der Waals surface area (Å²) >= 11 is 0. The van der Waals surface area contributed by atoms with Gasteiger partial charge in [-0.15, -0.1) is 0 Å². The van der Waals surface area contributed by atoms with Crippen molar-refractivity contribution in [3.63, 3.8) is 0 Å². The van der Waals surface area contributed by atoms with Crippen LogP contribution in [0, 0.1) is 13.8 Å². The van der Waals surface area contributed by atoms with Gasteiger partial charge >= 0.3 is 6.18 Å². The largest absolute Gasteiger partial charge is 0.416 e. The number of alkyl halides is 3. The molecule has 0 aliphatic carbocycles. The Morgan fingerprint density at radius 1 is 1.12 bits per heavy atom. The van der Waals surface area contributed by atoms with Gasteiger partial charge in [0.05, 0.1) is 5.56 Å². The number of para-hydroxylation sites is 1. The summed E-state index contributed by atoms with van der Waals surface area (Å²) in [4.78, 5) is 30.6. The lowest BCUT2D eigenvalue weighted by Crippen LogP contribution is -2.33. The summed E-state index contributed by atoms with van der Waals surface area (Å²) in [5.41, 5.74) is 1.97. The van der Waals surface area contributed by atoms with Gasteiger partial charge in [0.25, 0.3) is 5.56 Å². The average molecular weight is 473 g/mol. The molecule has 180 valence electrons. The molecule has 0 radical (unpaired) electrons. The number of nitrogens with zero attached hydrogens (tertiary/aromatic N) is 2. The first kappa shape index (κ1) is 25.2. The van der Waals surface area contributed by atoms with Gasteiger partial charge in [-0.05, 0) is 43.5 Å².